The largest absolute Gasteiger partial charge is 0.493 e. The molecule has 2 rings (SSSR count). The molecule has 27 heavy (non-hydrogen) atoms. The molecule has 0 saturated carbocycles. The monoisotopic (exact) mass is 392 g/mol. The van der Waals surface area contributed by atoms with Gasteiger partial charge in [-0.15, -0.1) is 11.3 Å². The van der Waals surface area contributed by atoms with E-state index in [0.29, 0.717) is 47.9 Å². The third kappa shape index (κ3) is 7.19. The quantitative estimate of drug-likeness (QED) is 0.632. The van der Waals surface area contributed by atoms with Crippen molar-refractivity contribution in [3.8, 4) is 11.5 Å². The molecule has 0 atom stereocenters. The van der Waals surface area contributed by atoms with Crippen molar-refractivity contribution in [2.75, 3.05) is 18.5 Å². The second-order valence-corrected chi connectivity index (χ2v) is 7.66. The van der Waals surface area contributed by atoms with Crippen LogP contribution in [0.25, 0.3) is 0 Å². The number of ether oxygens (including phenoxy) is 3. The zero-order valence-electron chi connectivity index (χ0n) is 16.6. The van der Waals surface area contributed by atoms with Crippen LogP contribution in [0.3, 0.4) is 0 Å². The highest BCUT2D eigenvalue weighted by molar-refractivity contribution is 7.13. The van der Waals surface area contributed by atoms with E-state index in [-0.39, 0.29) is 12.0 Å². The molecule has 6 nitrogen and oxygen atoms in total. The molecule has 1 amide bonds. The normalized spacial score (nSPS) is 11.1. The van der Waals surface area contributed by atoms with Gasteiger partial charge >= 0.3 is 0 Å². The fraction of sp³-hybridized carbons (Fsp3) is 0.500. The summed E-state index contributed by atoms with van der Waals surface area (Å²) in [6.45, 7) is 11.6. The molecular weight excluding hydrogens is 364 g/mol. The maximum atomic E-state index is 12.7. The summed E-state index contributed by atoms with van der Waals surface area (Å²) in [7, 11) is 0. The van der Waals surface area contributed by atoms with Crippen molar-refractivity contribution < 1.29 is 19.0 Å². The van der Waals surface area contributed by atoms with Crippen LogP contribution < -0.4 is 14.8 Å². The van der Waals surface area contributed by atoms with Gasteiger partial charge in [-0.1, -0.05) is 13.8 Å². The van der Waals surface area contributed by atoms with Crippen molar-refractivity contribution in [1.29, 1.82) is 0 Å². The van der Waals surface area contributed by atoms with Crippen molar-refractivity contribution in [3.05, 3.63) is 34.8 Å². The first-order chi connectivity index (χ1) is 12.9. The molecule has 1 aromatic heterocycles. The van der Waals surface area contributed by atoms with Crippen LogP contribution in [0.1, 0.15) is 50.7 Å². The Bertz CT molecular complexity index is 743. The van der Waals surface area contributed by atoms with E-state index in [1.807, 2.05) is 32.2 Å². The number of carbonyl (C=O) groups is 1. The lowest BCUT2D eigenvalue weighted by atomic mass is 10.2. The van der Waals surface area contributed by atoms with E-state index < -0.39 is 0 Å². The van der Waals surface area contributed by atoms with Crippen LogP contribution in [0.5, 0.6) is 11.5 Å². The molecule has 7 heteroatoms. The summed E-state index contributed by atoms with van der Waals surface area (Å²) in [6.07, 6.45) is 0.00125. The lowest BCUT2D eigenvalue weighted by Gasteiger charge is -2.15. The van der Waals surface area contributed by atoms with Crippen LogP contribution in [-0.4, -0.2) is 30.2 Å². The lowest BCUT2D eigenvalue weighted by Crippen LogP contribution is -2.14. The fourth-order valence-corrected chi connectivity index (χ4v) is 2.89. The molecule has 0 spiro atoms. The Labute approximate surface area is 164 Å². The molecule has 0 saturated heterocycles. The van der Waals surface area contributed by atoms with Crippen LogP contribution in [0.4, 0.5) is 5.13 Å². The third-order valence-electron chi connectivity index (χ3n) is 3.32. The van der Waals surface area contributed by atoms with E-state index >= 15 is 0 Å². The zero-order chi connectivity index (χ0) is 19.8. The maximum absolute atomic E-state index is 12.7. The van der Waals surface area contributed by atoms with Gasteiger partial charge in [-0.25, -0.2) is 4.98 Å². The second kappa shape index (κ2) is 10.3. The Kier molecular flexibility index (Phi) is 8.06. The molecular formula is C20H28N2O4S. The van der Waals surface area contributed by atoms with Gasteiger partial charge in [0.2, 0.25) is 0 Å². The molecule has 1 N–H and O–H groups in total. The summed E-state index contributed by atoms with van der Waals surface area (Å²) in [5.41, 5.74) is 1.27. The van der Waals surface area contributed by atoms with Gasteiger partial charge in [-0.05, 0) is 38.8 Å². The van der Waals surface area contributed by atoms with Gasteiger partial charge in [0.25, 0.3) is 5.91 Å². The van der Waals surface area contributed by atoms with Crippen molar-refractivity contribution in [2.45, 2.75) is 47.3 Å². The minimum atomic E-state index is -0.254. The van der Waals surface area contributed by atoms with Gasteiger partial charge in [-0.2, -0.15) is 0 Å². The smallest absolute Gasteiger partial charge is 0.257 e. The number of hydrogen-bond donors (Lipinski definition) is 1. The van der Waals surface area contributed by atoms with Crippen LogP contribution in [0, 0.1) is 5.92 Å². The molecule has 0 aliphatic heterocycles. The number of thiazole rings is 1. The minimum absolute atomic E-state index is 0.00125. The summed E-state index contributed by atoms with van der Waals surface area (Å²) >= 11 is 1.37. The molecule has 148 valence electrons. The SMILES string of the molecule is CCOCc1csc(NC(=O)c2cc(OCC(C)C)cc(OC(C)C)c2)n1. The van der Waals surface area contributed by atoms with Crippen molar-refractivity contribution in [3.63, 3.8) is 0 Å². The molecule has 0 aliphatic carbocycles. The molecule has 1 heterocycles. The second-order valence-electron chi connectivity index (χ2n) is 6.80. The van der Waals surface area contributed by atoms with E-state index in [1.54, 1.807) is 12.1 Å². The number of benzene rings is 1. The first-order valence-electron chi connectivity index (χ1n) is 9.15. The number of hydrogen-bond acceptors (Lipinski definition) is 6. The van der Waals surface area contributed by atoms with Gasteiger partial charge in [0.05, 0.1) is 25.0 Å². The van der Waals surface area contributed by atoms with E-state index in [2.05, 4.69) is 24.1 Å². The Balaban J connectivity index is 2.14. The highest BCUT2D eigenvalue weighted by Crippen LogP contribution is 2.26. The lowest BCUT2D eigenvalue weighted by molar-refractivity contribution is 0.102. The maximum Gasteiger partial charge on any atom is 0.257 e. The van der Waals surface area contributed by atoms with E-state index in [1.165, 1.54) is 11.3 Å². The van der Waals surface area contributed by atoms with Crippen molar-refractivity contribution >= 4 is 22.4 Å². The topological polar surface area (TPSA) is 69.7 Å². The number of nitrogens with zero attached hydrogens (tertiary/aromatic N) is 1. The van der Waals surface area contributed by atoms with Crippen LogP contribution >= 0.6 is 11.3 Å². The Morgan fingerprint density at radius 2 is 1.93 bits per heavy atom. The summed E-state index contributed by atoms with van der Waals surface area (Å²) in [4.78, 5) is 17.0. The molecule has 0 bridgehead atoms. The highest BCUT2D eigenvalue weighted by Gasteiger charge is 2.14. The van der Waals surface area contributed by atoms with Crippen LogP contribution in [0.2, 0.25) is 0 Å². The van der Waals surface area contributed by atoms with Gasteiger partial charge in [0, 0.05) is 23.6 Å². The average Bonchev–Trinajstić information content (AvgIpc) is 3.04. The Morgan fingerprint density at radius 3 is 2.59 bits per heavy atom. The minimum Gasteiger partial charge on any atom is -0.493 e. The molecule has 1 aromatic carbocycles. The first-order valence-corrected chi connectivity index (χ1v) is 10.0. The van der Waals surface area contributed by atoms with Gasteiger partial charge in [0.1, 0.15) is 11.5 Å². The number of rotatable bonds is 10. The number of anilines is 1. The summed E-state index contributed by atoms with van der Waals surface area (Å²) in [5.74, 6) is 1.35. The molecule has 0 unspecified atom stereocenters. The molecule has 2 aromatic rings. The van der Waals surface area contributed by atoms with Crippen molar-refractivity contribution in [2.24, 2.45) is 5.92 Å². The Morgan fingerprint density at radius 1 is 1.19 bits per heavy atom. The zero-order valence-corrected chi connectivity index (χ0v) is 17.4. The molecule has 0 radical (unpaired) electrons. The number of nitrogens with one attached hydrogen (secondary N) is 1. The standard InChI is InChI=1S/C20H28N2O4S/c1-6-24-11-16-12-27-20(21-16)22-19(23)15-7-17(25-10-13(2)3)9-18(8-15)26-14(4)5/h7-9,12-14H,6,10-11H2,1-5H3,(H,21,22,23). The molecule has 0 aliphatic rings. The summed E-state index contributed by atoms with van der Waals surface area (Å²) < 4.78 is 16.9. The van der Waals surface area contributed by atoms with Gasteiger partial charge < -0.3 is 14.2 Å². The van der Waals surface area contributed by atoms with Crippen LogP contribution in [0.15, 0.2) is 23.6 Å². The van der Waals surface area contributed by atoms with E-state index in [0.717, 1.165) is 5.69 Å². The Hall–Kier alpha value is -2.12. The predicted molar refractivity (Wildman–Crippen MR) is 108 cm³/mol. The fourth-order valence-electron chi connectivity index (χ4n) is 2.20. The van der Waals surface area contributed by atoms with Crippen LogP contribution in [-0.2, 0) is 11.3 Å². The van der Waals surface area contributed by atoms with Gasteiger partial charge in [-0.3, -0.25) is 10.1 Å². The number of aromatic nitrogens is 1. The van der Waals surface area contributed by atoms with Gasteiger partial charge in [0.15, 0.2) is 5.13 Å². The average molecular weight is 393 g/mol. The predicted octanol–water partition coefficient (Wildman–Crippen LogP) is 4.75. The number of carbonyl (C=O) groups excluding carboxylic acids is 1. The molecule has 0 fully saturated rings. The highest BCUT2D eigenvalue weighted by atomic mass is 32.1. The summed E-state index contributed by atoms with van der Waals surface area (Å²) in [6, 6.07) is 5.24. The van der Waals surface area contributed by atoms with E-state index in [9.17, 15) is 4.79 Å². The van der Waals surface area contributed by atoms with E-state index in [4.69, 9.17) is 14.2 Å². The third-order valence-corrected chi connectivity index (χ3v) is 4.13. The summed E-state index contributed by atoms with van der Waals surface area (Å²) in [5, 5.41) is 5.24. The number of amides is 1. The first kappa shape index (κ1) is 21.2. The van der Waals surface area contributed by atoms with Crippen molar-refractivity contribution in [1.82, 2.24) is 4.98 Å².